The number of rotatable bonds is 10. The summed E-state index contributed by atoms with van der Waals surface area (Å²) in [6, 6.07) is 43.0. The van der Waals surface area contributed by atoms with Crippen molar-refractivity contribution in [1.29, 1.82) is 0 Å². The van der Waals surface area contributed by atoms with Crippen LogP contribution in [0.5, 0.6) is 11.5 Å². The van der Waals surface area contributed by atoms with E-state index in [2.05, 4.69) is 97.1 Å². The summed E-state index contributed by atoms with van der Waals surface area (Å²) in [7, 11) is 0. The first-order valence-corrected chi connectivity index (χ1v) is 14.4. The van der Waals surface area contributed by atoms with E-state index in [1.807, 2.05) is 24.3 Å². The molecular formula is C38H30O5. The lowest BCUT2D eigenvalue weighted by atomic mass is 9.67. The fourth-order valence-electron chi connectivity index (χ4n) is 6.54. The predicted octanol–water partition coefficient (Wildman–Crippen LogP) is 7.28. The number of carbonyl (C=O) groups is 1. The standard InChI is InChI=1S/C38H30O5/c39-17-18-42-32-15-11-26-21-30(13-9-28(26)23-32)38(36-7-3-1-5-34(36)35-6-2-4-8-37(35)38)31-14-10-29-24-33(16-12-27(29)22-31)43-20-19-41-25-40/h1-16,21-25,39H,17-20H2. The van der Waals surface area contributed by atoms with Crippen LogP contribution in [-0.2, 0) is 14.9 Å². The van der Waals surface area contributed by atoms with Gasteiger partial charge in [-0.15, -0.1) is 0 Å². The van der Waals surface area contributed by atoms with Gasteiger partial charge in [0.1, 0.15) is 31.3 Å². The molecule has 5 nitrogen and oxygen atoms in total. The maximum absolute atomic E-state index is 10.4. The molecule has 0 saturated carbocycles. The molecule has 6 aromatic rings. The topological polar surface area (TPSA) is 65.0 Å². The molecule has 0 atom stereocenters. The van der Waals surface area contributed by atoms with E-state index in [1.165, 1.54) is 33.4 Å². The molecule has 0 radical (unpaired) electrons. The van der Waals surface area contributed by atoms with Crippen LogP contribution in [0.2, 0.25) is 0 Å². The predicted molar refractivity (Wildman–Crippen MR) is 169 cm³/mol. The minimum atomic E-state index is -0.525. The van der Waals surface area contributed by atoms with Crippen molar-refractivity contribution in [3.63, 3.8) is 0 Å². The van der Waals surface area contributed by atoms with Crippen LogP contribution >= 0.6 is 0 Å². The zero-order valence-corrected chi connectivity index (χ0v) is 23.5. The lowest BCUT2D eigenvalue weighted by molar-refractivity contribution is -0.129. The number of aliphatic hydroxyl groups is 1. The minimum absolute atomic E-state index is 0.0191. The summed E-state index contributed by atoms with van der Waals surface area (Å²) in [5.41, 5.74) is 6.85. The third-order valence-corrected chi connectivity index (χ3v) is 8.34. The molecule has 43 heavy (non-hydrogen) atoms. The highest BCUT2D eigenvalue weighted by atomic mass is 16.5. The van der Waals surface area contributed by atoms with Gasteiger partial charge in [0.25, 0.3) is 6.47 Å². The number of benzene rings is 6. The van der Waals surface area contributed by atoms with Crippen LogP contribution in [0.15, 0.2) is 121 Å². The highest BCUT2D eigenvalue weighted by Crippen LogP contribution is 2.56. The number of ether oxygens (including phenoxy) is 3. The molecule has 1 N–H and O–H groups in total. The Balaban J connectivity index is 1.41. The Bertz CT molecular complexity index is 1910. The molecule has 6 aromatic carbocycles. The first kappa shape index (κ1) is 26.7. The summed E-state index contributed by atoms with van der Waals surface area (Å²) < 4.78 is 16.2. The third-order valence-electron chi connectivity index (χ3n) is 8.34. The Morgan fingerprint density at radius 3 is 1.58 bits per heavy atom. The van der Waals surface area contributed by atoms with Crippen molar-refractivity contribution in [3.8, 4) is 22.6 Å². The van der Waals surface area contributed by atoms with Crippen molar-refractivity contribution in [1.82, 2.24) is 0 Å². The Hall–Kier alpha value is -5.13. The molecule has 1 aliphatic rings. The average Bonchev–Trinajstić information content (AvgIpc) is 3.36. The van der Waals surface area contributed by atoms with Crippen molar-refractivity contribution >= 4 is 28.0 Å². The van der Waals surface area contributed by atoms with E-state index in [0.717, 1.165) is 33.0 Å². The normalized spacial score (nSPS) is 13.0. The highest BCUT2D eigenvalue weighted by molar-refractivity contribution is 5.92. The van der Waals surface area contributed by atoms with Gasteiger partial charge in [0.15, 0.2) is 0 Å². The molecule has 0 spiro atoms. The van der Waals surface area contributed by atoms with Crippen molar-refractivity contribution in [2.45, 2.75) is 5.41 Å². The lowest BCUT2D eigenvalue weighted by Gasteiger charge is -2.34. The van der Waals surface area contributed by atoms with Gasteiger partial charge in [0, 0.05) is 0 Å². The van der Waals surface area contributed by atoms with Gasteiger partial charge >= 0.3 is 0 Å². The summed E-state index contributed by atoms with van der Waals surface area (Å²) in [6.07, 6.45) is 0. The van der Waals surface area contributed by atoms with E-state index < -0.39 is 5.41 Å². The van der Waals surface area contributed by atoms with E-state index in [0.29, 0.717) is 13.1 Å². The molecule has 0 unspecified atom stereocenters. The zero-order valence-electron chi connectivity index (χ0n) is 23.5. The van der Waals surface area contributed by atoms with E-state index in [-0.39, 0.29) is 19.8 Å². The third kappa shape index (κ3) is 4.59. The van der Waals surface area contributed by atoms with Gasteiger partial charge in [0.2, 0.25) is 0 Å². The first-order valence-electron chi connectivity index (χ1n) is 14.4. The van der Waals surface area contributed by atoms with Gasteiger partial charge in [-0.2, -0.15) is 0 Å². The molecule has 0 bridgehead atoms. The van der Waals surface area contributed by atoms with Crippen molar-refractivity contribution in [2.75, 3.05) is 26.4 Å². The van der Waals surface area contributed by atoms with E-state index in [9.17, 15) is 9.90 Å². The van der Waals surface area contributed by atoms with Gasteiger partial charge < -0.3 is 19.3 Å². The van der Waals surface area contributed by atoms with Gasteiger partial charge in [-0.05, 0) is 91.3 Å². The highest BCUT2D eigenvalue weighted by Gasteiger charge is 2.46. The first-order chi connectivity index (χ1) is 21.2. The number of aliphatic hydroxyl groups excluding tert-OH is 1. The molecular weight excluding hydrogens is 536 g/mol. The SMILES string of the molecule is O=COCCOc1ccc2cc(C3(c4ccc5cc(OCCO)ccc5c4)c4ccccc4-c4ccccc43)ccc2c1. The molecule has 5 heteroatoms. The fourth-order valence-corrected chi connectivity index (χ4v) is 6.54. The maximum Gasteiger partial charge on any atom is 0.293 e. The van der Waals surface area contributed by atoms with Gasteiger partial charge in [0.05, 0.1) is 12.0 Å². The van der Waals surface area contributed by atoms with E-state index in [4.69, 9.17) is 14.2 Å². The Morgan fingerprint density at radius 2 is 1.05 bits per heavy atom. The largest absolute Gasteiger partial charge is 0.491 e. The molecule has 0 amide bonds. The number of fused-ring (bicyclic) bond motifs is 5. The monoisotopic (exact) mass is 566 g/mol. The van der Waals surface area contributed by atoms with Crippen LogP contribution in [0, 0.1) is 0 Å². The minimum Gasteiger partial charge on any atom is -0.491 e. The van der Waals surface area contributed by atoms with Crippen LogP contribution in [-0.4, -0.2) is 38.0 Å². The Morgan fingerprint density at radius 1 is 0.558 bits per heavy atom. The second-order valence-electron chi connectivity index (χ2n) is 10.7. The van der Waals surface area contributed by atoms with Gasteiger partial charge in [-0.1, -0.05) is 84.9 Å². The van der Waals surface area contributed by atoms with E-state index >= 15 is 0 Å². The molecule has 0 aromatic heterocycles. The maximum atomic E-state index is 10.4. The second kappa shape index (κ2) is 11.3. The molecule has 0 heterocycles. The van der Waals surface area contributed by atoms with Crippen molar-refractivity contribution in [2.24, 2.45) is 0 Å². The van der Waals surface area contributed by atoms with Crippen molar-refractivity contribution < 1.29 is 24.1 Å². The molecule has 7 rings (SSSR count). The molecule has 0 fully saturated rings. The summed E-state index contributed by atoms with van der Waals surface area (Å²) in [5.74, 6) is 1.48. The quantitative estimate of drug-likeness (QED) is 0.139. The summed E-state index contributed by atoms with van der Waals surface area (Å²) in [6.45, 7) is 1.20. The van der Waals surface area contributed by atoms with Crippen LogP contribution in [0.4, 0.5) is 0 Å². The molecule has 0 aliphatic heterocycles. The van der Waals surface area contributed by atoms with Gasteiger partial charge in [-0.25, -0.2) is 0 Å². The zero-order chi connectivity index (χ0) is 29.2. The smallest absolute Gasteiger partial charge is 0.293 e. The summed E-state index contributed by atoms with van der Waals surface area (Å²) in [5, 5.41) is 13.6. The number of carbonyl (C=O) groups excluding carboxylic acids is 1. The Labute approximate surface area is 249 Å². The lowest BCUT2D eigenvalue weighted by Crippen LogP contribution is -2.28. The number of hydrogen-bond donors (Lipinski definition) is 1. The van der Waals surface area contributed by atoms with Gasteiger partial charge in [-0.3, -0.25) is 4.79 Å². The molecule has 0 saturated heterocycles. The second-order valence-corrected chi connectivity index (χ2v) is 10.7. The van der Waals surface area contributed by atoms with E-state index in [1.54, 1.807) is 0 Å². The molecule has 1 aliphatic carbocycles. The fraction of sp³-hybridized carbons (Fsp3) is 0.132. The number of hydrogen-bond acceptors (Lipinski definition) is 5. The Kier molecular flexibility index (Phi) is 7.01. The average molecular weight is 567 g/mol. The van der Waals surface area contributed by atoms with Crippen molar-refractivity contribution in [3.05, 3.63) is 144 Å². The molecule has 212 valence electrons. The van der Waals surface area contributed by atoms with Crippen LogP contribution in [0.25, 0.3) is 32.7 Å². The van der Waals surface area contributed by atoms with Crippen LogP contribution in [0.1, 0.15) is 22.3 Å². The summed E-state index contributed by atoms with van der Waals surface area (Å²) >= 11 is 0. The van der Waals surface area contributed by atoms with Crippen LogP contribution < -0.4 is 9.47 Å². The summed E-state index contributed by atoms with van der Waals surface area (Å²) in [4.78, 5) is 10.4. The van der Waals surface area contributed by atoms with Crippen LogP contribution in [0.3, 0.4) is 0 Å².